The van der Waals surface area contributed by atoms with Gasteiger partial charge in [-0.1, -0.05) is 12.1 Å². The fourth-order valence-electron chi connectivity index (χ4n) is 3.05. The minimum absolute atomic E-state index is 0.194. The highest BCUT2D eigenvalue weighted by atomic mass is 127. The van der Waals surface area contributed by atoms with E-state index in [1.807, 2.05) is 13.0 Å². The maximum atomic E-state index is 13.4. The lowest BCUT2D eigenvalue weighted by Crippen LogP contribution is -2.17. The summed E-state index contributed by atoms with van der Waals surface area (Å²) in [6.45, 7) is 2.55. The first kappa shape index (κ1) is 25.3. The number of methoxy groups -OCH3 is 2. The molecule has 7 nitrogen and oxygen atoms in total. The Hall–Kier alpha value is -3.34. The lowest BCUT2D eigenvalue weighted by molar-refractivity contribution is 0.0954. The second-order valence-corrected chi connectivity index (χ2v) is 8.11. The minimum Gasteiger partial charge on any atom is -0.493 e. The van der Waals surface area contributed by atoms with Crippen molar-refractivity contribution in [2.24, 2.45) is 5.10 Å². The molecule has 0 radical (unpaired) electrons. The number of nitrogens with one attached hydrogen (secondary N) is 1. The van der Waals surface area contributed by atoms with Crippen molar-refractivity contribution in [1.29, 1.82) is 0 Å². The quantitative estimate of drug-likeness (QED) is 0.204. The number of hydrogen-bond donors (Lipinski definition) is 1. The molecule has 1 N–H and O–H groups in total. The molecule has 0 aromatic heterocycles. The van der Waals surface area contributed by atoms with Gasteiger partial charge < -0.3 is 18.9 Å². The van der Waals surface area contributed by atoms with Crippen molar-refractivity contribution in [3.05, 3.63) is 80.7 Å². The van der Waals surface area contributed by atoms with E-state index in [0.717, 1.165) is 3.57 Å². The molecule has 0 aliphatic rings. The van der Waals surface area contributed by atoms with E-state index in [-0.39, 0.29) is 12.4 Å². The lowest BCUT2D eigenvalue weighted by Gasteiger charge is -2.13. The second-order valence-electron chi connectivity index (χ2n) is 6.95. The largest absolute Gasteiger partial charge is 0.493 e. The first-order valence-electron chi connectivity index (χ1n) is 10.3. The average Bonchev–Trinajstić information content (AvgIpc) is 2.83. The van der Waals surface area contributed by atoms with Crippen LogP contribution in [0.2, 0.25) is 0 Å². The molecular weight excluding hydrogens is 554 g/mol. The Morgan fingerprint density at radius 3 is 2.53 bits per heavy atom. The number of hydrazone groups is 1. The van der Waals surface area contributed by atoms with Gasteiger partial charge in [0.1, 0.15) is 12.4 Å². The number of halogens is 2. The van der Waals surface area contributed by atoms with E-state index in [0.29, 0.717) is 46.3 Å². The molecule has 0 bridgehead atoms. The molecule has 0 atom stereocenters. The molecule has 1 amide bonds. The van der Waals surface area contributed by atoms with E-state index in [4.69, 9.17) is 18.9 Å². The molecule has 0 saturated carbocycles. The highest BCUT2D eigenvalue weighted by Crippen LogP contribution is 2.34. The van der Waals surface area contributed by atoms with Crippen LogP contribution < -0.4 is 24.4 Å². The number of nitrogens with zero attached hydrogens (tertiary/aromatic N) is 1. The van der Waals surface area contributed by atoms with Crippen LogP contribution in [0.15, 0.2) is 59.7 Å². The normalized spacial score (nSPS) is 10.7. The zero-order valence-corrected chi connectivity index (χ0v) is 21.1. The Morgan fingerprint density at radius 1 is 1.03 bits per heavy atom. The molecule has 3 aromatic rings. The number of rotatable bonds is 10. The summed E-state index contributed by atoms with van der Waals surface area (Å²) in [5.41, 5.74) is 4.28. The van der Waals surface area contributed by atoms with Gasteiger partial charge in [-0.05, 0) is 83.1 Å². The summed E-state index contributed by atoms with van der Waals surface area (Å²) in [6, 6.07) is 14.7. The summed E-state index contributed by atoms with van der Waals surface area (Å²) in [6.07, 6.45) is 1.50. The van der Waals surface area contributed by atoms with Gasteiger partial charge in [0.15, 0.2) is 23.0 Å². The lowest BCUT2D eigenvalue weighted by atomic mass is 10.2. The monoisotopic (exact) mass is 578 g/mol. The molecule has 0 fully saturated rings. The number of carbonyl (C=O) groups is 1. The van der Waals surface area contributed by atoms with Crippen molar-refractivity contribution >= 4 is 34.7 Å². The van der Waals surface area contributed by atoms with Crippen molar-refractivity contribution in [3.8, 4) is 23.0 Å². The van der Waals surface area contributed by atoms with E-state index in [1.165, 1.54) is 32.6 Å². The van der Waals surface area contributed by atoms with Gasteiger partial charge in [-0.15, -0.1) is 0 Å². The van der Waals surface area contributed by atoms with Gasteiger partial charge >= 0.3 is 0 Å². The maximum Gasteiger partial charge on any atom is 0.271 e. The second kappa shape index (κ2) is 12.2. The third kappa shape index (κ3) is 6.60. The van der Waals surface area contributed by atoms with Gasteiger partial charge in [-0.3, -0.25) is 4.79 Å². The maximum absolute atomic E-state index is 13.4. The van der Waals surface area contributed by atoms with Crippen LogP contribution >= 0.6 is 22.6 Å². The van der Waals surface area contributed by atoms with Crippen molar-refractivity contribution in [1.82, 2.24) is 5.43 Å². The summed E-state index contributed by atoms with van der Waals surface area (Å²) in [5, 5.41) is 4.04. The van der Waals surface area contributed by atoms with E-state index in [9.17, 15) is 9.18 Å². The van der Waals surface area contributed by atoms with Crippen LogP contribution in [-0.4, -0.2) is 32.9 Å². The van der Waals surface area contributed by atoms with Gasteiger partial charge in [0, 0.05) is 5.56 Å². The molecule has 0 spiro atoms. The molecule has 34 heavy (non-hydrogen) atoms. The van der Waals surface area contributed by atoms with Crippen molar-refractivity contribution < 1.29 is 28.1 Å². The zero-order chi connectivity index (χ0) is 24.5. The van der Waals surface area contributed by atoms with E-state index >= 15 is 0 Å². The van der Waals surface area contributed by atoms with Crippen LogP contribution in [0.5, 0.6) is 23.0 Å². The van der Waals surface area contributed by atoms with E-state index < -0.39 is 5.91 Å². The highest BCUT2D eigenvalue weighted by molar-refractivity contribution is 14.1. The predicted molar refractivity (Wildman–Crippen MR) is 136 cm³/mol. The number of hydrogen-bond acceptors (Lipinski definition) is 6. The first-order chi connectivity index (χ1) is 16.4. The molecular formula is C25H24FIN2O5. The van der Waals surface area contributed by atoms with Crippen LogP contribution in [0.4, 0.5) is 4.39 Å². The Kier molecular flexibility index (Phi) is 9.08. The fraction of sp³-hybridized carbons (Fsp3) is 0.200. The minimum atomic E-state index is -0.394. The van der Waals surface area contributed by atoms with Crippen LogP contribution in [0.3, 0.4) is 0 Å². The van der Waals surface area contributed by atoms with Crippen LogP contribution in [0, 0.1) is 9.39 Å². The Labute approximate surface area is 211 Å². The summed E-state index contributed by atoms with van der Waals surface area (Å²) >= 11 is 2.12. The van der Waals surface area contributed by atoms with Crippen LogP contribution in [0.1, 0.15) is 28.4 Å². The smallest absolute Gasteiger partial charge is 0.271 e. The standard InChI is InChI=1S/C25H24FIN2O5/c1-4-33-21-9-8-18(13-22(21)31-2)25(30)29-28-14-17-11-20(27)24(23(12-17)32-3)34-15-16-6-5-7-19(26)10-16/h5-14H,4,15H2,1-3H3,(H,29,30)/b28-14+. The SMILES string of the molecule is CCOc1ccc(C(=O)N/N=C/c2cc(I)c(OCc3cccc(F)c3)c(OC)c2)cc1OC. The third-order valence-electron chi connectivity index (χ3n) is 4.63. The topological polar surface area (TPSA) is 78.4 Å². The summed E-state index contributed by atoms with van der Waals surface area (Å²) in [5.74, 6) is 1.34. The number of carbonyl (C=O) groups excluding carboxylic acids is 1. The molecule has 0 aliphatic carbocycles. The van der Waals surface area contributed by atoms with Gasteiger partial charge in [-0.25, -0.2) is 9.82 Å². The van der Waals surface area contributed by atoms with Crippen LogP contribution in [0.25, 0.3) is 0 Å². The van der Waals surface area contributed by atoms with Gasteiger partial charge in [-0.2, -0.15) is 5.10 Å². The average molecular weight is 578 g/mol. The predicted octanol–water partition coefficient (Wildman–Crippen LogP) is 5.19. The number of benzene rings is 3. The molecule has 0 saturated heterocycles. The zero-order valence-electron chi connectivity index (χ0n) is 18.9. The van der Waals surface area contributed by atoms with E-state index in [1.54, 1.807) is 36.4 Å². The fourth-order valence-corrected chi connectivity index (χ4v) is 3.83. The number of ether oxygens (including phenoxy) is 4. The highest BCUT2D eigenvalue weighted by Gasteiger charge is 2.13. The van der Waals surface area contributed by atoms with Crippen molar-refractivity contribution in [2.75, 3.05) is 20.8 Å². The molecule has 0 aliphatic heterocycles. The Bertz CT molecular complexity index is 1190. The molecule has 9 heteroatoms. The van der Waals surface area contributed by atoms with E-state index in [2.05, 4.69) is 33.1 Å². The van der Waals surface area contributed by atoms with Gasteiger partial charge in [0.2, 0.25) is 0 Å². The van der Waals surface area contributed by atoms with Gasteiger partial charge in [0.05, 0.1) is 30.6 Å². The molecule has 3 aromatic carbocycles. The van der Waals surface area contributed by atoms with Gasteiger partial charge in [0.25, 0.3) is 5.91 Å². The molecule has 3 rings (SSSR count). The number of amides is 1. The third-order valence-corrected chi connectivity index (χ3v) is 5.43. The van der Waals surface area contributed by atoms with Crippen molar-refractivity contribution in [2.45, 2.75) is 13.5 Å². The summed E-state index contributed by atoms with van der Waals surface area (Å²) < 4.78 is 36.2. The summed E-state index contributed by atoms with van der Waals surface area (Å²) in [4.78, 5) is 12.5. The van der Waals surface area contributed by atoms with Crippen molar-refractivity contribution in [3.63, 3.8) is 0 Å². The Morgan fingerprint density at radius 2 is 1.82 bits per heavy atom. The van der Waals surface area contributed by atoms with Crippen LogP contribution in [-0.2, 0) is 6.61 Å². The summed E-state index contributed by atoms with van der Waals surface area (Å²) in [7, 11) is 3.04. The molecule has 178 valence electrons. The molecule has 0 heterocycles. The first-order valence-corrected chi connectivity index (χ1v) is 11.4. The Balaban J connectivity index is 1.68. The molecule has 0 unspecified atom stereocenters.